The zero-order chi connectivity index (χ0) is 17.5. The topological polar surface area (TPSA) is 78.6 Å². The molecule has 0 fully saturated rings. The summed E-state index contributed by atoms with van der Waals surface area (Å²) in [6.07, 6.45) is 1.01. The Morgan fingerprint density at radius 2 is 1.92 bits per heavy atom. The van der Waals surface area contributed by atoms with Gasteiger partial charge in [-0.3, -0.25) is 4.79 Å². The molecule has 0 saturated heterocycles. The van der Waals surface area contributed by atoms with Crippen LogP contribution in [0, 0.1) is 5.41 Å². The van der Waals surface area contributed by atoms with Crippen LogP contribution in [0.1, 0.15) is 38.2 Å². The van der Waals surface area contributed by atoms with E-state index in [0.717, 1.165) is 5.56 Å². The molecule has 0 radical (unpaired) electrons. The first-order valence-electron chi connectivity index (χ1n) is 7.91. The number of nitrogens with two attached hydrogens (primary N) is 1. The first-order chi connectivity index (χ1) is 11.3. The maximum Gasteiger partial charge on any atom is 0.340 e. The molecule has 1 aromatic rings. The van der Waals surface area contributed by atoms with Crippen LogP contribution in [0.2, 0.25) is 0 Å². The van der Waals surface area contributed by atoms with Crippen LogP contribution >= 0.6 is 0 Å². The van der Waals surface area contributed by atoms with E-state index in [1.807, 2.05) is 44.2 Å². The SMILES string of the molecule is COC(=O)C1=C(N)OC2=C(C(=O)CC(C)(C)C2)[C@H]1c1ccccc1. The minimum atomic E-state index is -0.578. The van der Waals surface area contributed by atoms with Crippen molar-refractivity contribution in [1.82, 2.24) is 0 Å². The van der Waals surface area contributed by atoms with E-state index in [4.69, 9.17) is 15.2 Å². The Morgan fingerprint density at radius 3 is 2.54 bits per heavy atom. The molecule has 1 atom stereocenters. The number of rotatable bonds is 2. The van der Waals surface area contributed by atoms with Crippen LogP contribution in [0.4, 0.5) is 0 Å². The monoisotopic (exact) mass is 327 g/mol. The van der Waals surface area contributed by atoms with Crippen LogP contribution < -0.4 is 5.73 Å². The number of carbonyl (C=O) groups is 2. The Labute approximate surface area is 141 Å². The maximum atomic E-state index is 12.8. The van der Waals surface area contributed by atoms with Crippen LogP contribution in [0.15, 0.2) is 53.1 Å². The van der Waals surface area contributed by atoms with Gasteiger partial charge in [-0.05, 0) is 11.0 Å². The third-order valence-electron chi connectivity index (χ3n) is 4.49. The Bertz CT molecular complexity index is 759. The normalized spacial score (nSPS) is 22.8. The van der Waals surface area contributed by atoms with E-state index < -0.39 is 11.9 Å². The summed E-state index contributed by atoms with van der Waals surface area (Å²) in [4.78, 5) is 25.1. The van der Waals surface area contributed by atoms with E-state index in [2.05, 4.69) is 0 Å². The van der Waals surface area contributed by atoms with E-state index in [-0.39, 0.29) is 22.7 Å². The van der Waals surface area contributed by atoms with Crippen molar-refractivity contribution in [3.8, 4) is 0 Å². The molecular weight excluding hydrogens is 306 g/mol. The lowest BCUT2D eigenvalue weighted by molar-refractivity contribution is -0.136. The minimum Gasteiger partial charge on any atom is -0.465 e. The highest BCUT2D eigenvalue weighted by Crippen LogP contribution is 2.48. The van der Waals surface area contributed by atoms with Crippen molar-refractivity contribution >= 4 is 11.8 Å². The Balaban J connectivity index is 2.19. The minimum absolute atomic E-state index is 0.0102. The van der Waals surface area contributed by atoms with Crippen LogP contribution in [-0.4, -0.2) is 18.9 Å². The third-order valence-corrected chi connectivity index (χ3v) is 4.49. The van der Waals surface area contributed by atoms with E-state index in [9.17, 15) is 9.59 Å². The number of carbonyl (C=O) groups excluding carboxylic acids is 2. The molecule has 0 unspecified atom stereocenters. The highest BCUT2D eigenvalue weighted by molar-refractivity contribution is 6.03. The number of ketones is 1. The summed E-state index contributed by atoms with van der Waals surface area (Å²) in [7, 11) is 1.29. The summed E-state index contributed by atoms with van der Waals surface area (Å²) in [6, 6.07) is 9.38. The quantitative estimate of drug-likeness (QED) is 0.845. The third kappa shape index (κ3) is 2.70. The van der Waals surface area contributed by atoms with Gasteiger partial charge >= 0.3 is 5.97 Å². The second-order valence-corrected chi connectivity index (χ2v) is 6.99. The summed E-state index contributed by atoms with van der Waals surface area (Å²) >= 11 is 0. The largest absolute Gasteiger partial charge is 0.465 e. The van der Waals surface area contributed by atoms with Gasteiger partial charge in [0.2, 0.25) is 5.88 Å². The van der Waals surface area contributed by atoms with Crippen LogP contribution in [0.3, 0.4) is 0 Å². The lowest BCUT2D eigenvalue weighted by atomic mass is 9.70. The number of methoxy groups -OCH3 is 1. The van der Waals surface area contributed by atoms with Gasteiger partial charge in [-0.1, -0.05) is 44.2 Å². The predicted octanol–water partition coefficient (Wildman–Crippen LogP) is 2.79. The zero-order valence-electron chi connectivity index (χ0n) is 14.1. The van der Waals surface area contributed by atoms with Crippen LogP contribution in [-0.2, 0) is 19.1 Å². The molecule has 0 aromatic heterocycles. The number of esters is 1. The summed E-state index contributed by atoms with van der Waals surface area (Å²) in [6.45, 7) is 4.04. The Kier molecular flexibility index (Phi) is 3.95. The fraction of sp³-hybridized carbons (Fsp3) is 0.368. The van der Waals surface area contributed by atoms with Crippen molar-refractivity contribution in [1.29, 1.82) is 0 Å². The van der Waals surface area contributed by atoms with Gasteiger partial charge in [0, 0.05) is 18.4 Å². The highest BCUT2D eigenvalue weighted by atomic mass is 16.5. The second kappa shape index (κ2) is 5.82. The van der Waals surface area contributed by atoms with Crippen molar-refractivity contribution in [3.63, 3.8) is 0 Å². The molecule has 0 spiro atoms. The van der Waals surface area contributed by atoms with E-state index >= 15 is 0 Å². The van der Waals surface area contributed by atoms with Crippen molar-refractivity contribution < 1.29 is 19.1 Å². The van der Waals surface area contributed by atoms with Gasteiger partial charge in [-0.2, -0.15) is 0 Å². The average Bonchev–Trinajstić information content (AvgIpc) is 2.52. The van der Waals surface area contributed by atoms with Gasteiger partial charge in [-0.15, -0.1) is 0 Å². The predicted molar refractivity (Wildman–Crippen MR) is 88.5 cm³/mol. The van der Waals surface area contributed by atoms with Crippen LogP contribution in [0.5, 0.6) is 0 Å². The summed E-state index contributed by atoms with van der Waals surface area (Å²) in [5, 5.41) is 0. The fourth-order valence-electron chi connectivity index (χ4n) is 3.47. The molecule has 24 heavy (non-hydrogen) atoms. The molecule has 1 aliphatic heterocycles. The maximum absolute atomic E-state index is 12.8. The van der Waals surface area contributed by atoms with Crippen LogP contribution in [0.25, 0.3) is 0 Å². The first-order valence-corrected chi connectivity index (χ1v) is 7.91. The Morgan fingerprint density at radius 1 is 1.25 bits per heavy atom. The van der Waals surface area contributed by atoms with E-state index in [0.29, 0.717) is 24.2 Å². The molecule has 0 amide bonds. The number of allylic oxidation sites excluding steroid dienone is 2. The Hall–Kier alpha value is -2.56. The number of hydrogen-bond acceptors (Lipinski definition) is 5. The average molecular weight is 327 g/mol. The molecule has 2 aliphatic rings. The van der Waals surface area contributed by atoms with Gasteiger partial charge in [0.1, 0.15) is 11.3 Å². The van der Waals surface area contributed by atoms with Gasteiger partial charge < -0.3 is 15.2 Å². The first kappa shape index (κ1) is 16.3. The molecule has 5 heteroatoms. The molecule has 0 bridgehead atoms. The van der Waals surface area contributed by atoms with Crippen molar-refractivity contribution in [2.45, 2.75) is 32.6 Å². The standard InChI is InChI=1S/C19H21NO4/c1-19(2)9-12(21)15-13(10-19)24-17(20)16(18(22)23-3)14(15)11-7-5-4-6-8-11/h4-8,14H,9-10,20H2,1-3H3/t14-/m1/s1. The molecular formula is C19H21NO4. The molecule has 2 N–H and O–H groups in total. The zero-order valence-corrected chi connectivity index (χ0v) is 14.1. The molecule has 5 nitrogen and oxygen atoms in total. The molecule has 0 saturated carbocycles. The molecule has 1 heterocycles. The lowest BCUT2D eigenvalue weighted by Crippen LogP contribution is -2.35. The number of ether oxygens (including phenoxy) is 2. The van der Waals surface area contributed by atoms with Gasteiger partial charge in [0.25, 0.3) is 0 Å². The summed E-state index contributed by atoms with van der Waals surface area (Å²) in [5.41, 5.74) is 7.38. The number of hydrogen-bond donors (Lipinski definition) is 1. The van der Waals surface area contributed by atoms with Crippen molar-refractivity contribution in [2.24, 2.45) is 11.1 Å². The van der Waals surface area contributed by atoms with E-state index in [1.54, 1.807) is 0 Å². The summed E-state index contributed by atoms with van der Waals surface area (Å²) < 4.78 is 10.6. The highest BCUT2D eigenvalue weighted by Gasteiger charge is 2.44. The van der Waals surface area contributed by atoms with Gasteiger partial charge in [0.05, 0.1) is 13.0 Å². The smallest absolute Gasteiger partial charge is 0.340 e. The number of benzene rings is 1. The lowest BCUT2D eigenvalue weighted by Gasteiger charge is -2.37. The fourth-order valence-corrected chi connectivity index (χ4v) is 3.47. The number of Topliss-reactive ketones (excluding diaryl/α,β-unsaturated/α-hetero) is 1. The van der Waals surface area contributed by atoms with Gasteiger partial charge in [-0.25, -0.2) is 4.79 Å². The molecule has 1 aliphatic carbocycles. The van der Waals surface area contributed by atoms with Crippen molar-refractivity contribution in [3.05, 3.63) is 58.7 Å². The molecule has 1 aromatic carbocycles. The second-order valence-electron chi connectivity index (χ2n) is 6.99. The van der Waals surface area contributed by atoms with Crippen molar-refractivity contribution in [2.75, 3.05) is 7.11 Å². The molecule has 126 valence electrons. The summed E-state index contributed by atoms with van der Waals surface area (Å²) in [5.74, 6) is -0.559. The van der Waals surface area contributed by atoms with Gasteiger partial charge in [0.15, 0.2) is 5.78 Å². The van der Waals surface area contributed by atoms with E-state index in [1.165, 1.54) is 7.11 Å². The molecule has 3 rings (SSSR count).